The number of carbonyl (C=O) groups excluding carboxylic acids is 1. The lowest BCUT2D eigenvalue weighted by Gasteiger charge is -2.35. The molecule has 0 saturated heterocycles. The first kappa shape index (κ1) is 16.2. The Bertz CT molecular complexity index is 535. The van der Waals surface area contributed by atoms with Gasteiger partial charge in [0.05, 0.1) is 5.56 Å². The minimum atomic E-state index is -0.209. The van der Waals surface area contributed by atoms with Crippen LogP contribution in [0.5, 0.6) is 0 Å². The van der Waals surface area contributed by atoms with Crippen molar-refractivity contribution in [3.05, 3.63) is 29.6 Å². The molecule has 0 radical (unpaired) electrons. The van der Waals surface area contributed by atoms with Gasteiger partial charge in [-0.15, -0.1) is 0 Å². The van der Waals surface area contributed by atoms with Crippen molar-refractivity contribution in [3.63, 3.8) is 0 Å². The van der Waals surface area contributed by atoms with Crippen molar-refractivity contribution in [2.24, 2.45) is 5.41 Å². The summed E-state index contributed by atoms with van der Waals surface area (Å²) in [7, 11) is 1.80. The van der Waals surface area contributed by atoms with Gasteiger partial charge in [-0.1, -0.05) is 32.6 Å². The average Bonchev–Trinajstić information content (AvgIpc) is 2.42. The van der Waals surface area contributed by atoms with E-state index < -0.39 is 0 Å². The third-order valence-corrected chi connectivity index (χ3v) is 3.45. The summed E-state index contributed by atoms with van der Waals surface area (Å²) in [5.74, 6) is 5.23. The molecule has 0 aliphatic carbocycles. The second kappa shape index (κ2) is 6.53. The van der Waals surface area contributed by atoms with Gasteiger partial charge in [0.2, 0.25) is 0 Å². The Hall–Kier alpha value is -1.86. The summed E-state index contributed by atoms with van der Waals surface area (Å²) in [6.45, 7) is 8.12. The van der Waals surface area contributed by atoms with Gasteiger partial charge in [-0.3, -0.25) is 9.78 Å². The largest absolute Gasteiger partial charge is 0.384 e. The maximum atomic E-state index is 12.4. The van der Waals surface area contributed by atoms with Crippen molar-refractivity contribution in [2.75, 3.05) is 13.7 Å². The van der Waals surface area contributed by atoms with Gasteiger partial charge in [-0.25, -0.2) is 0 Å². The zero-order chi connectivity index (χ0) is 15.3. The lowest BCUT2D eigenvalue weighted by Crippen LogP contribution is -2.43. The van der Waals surface area contributed by atoms with Crippen molar-refractivity contribution in [1.82, 2.24) is 9.88 Å². The van der Waals surface area contributed by atoms with E-state index in [-0.39, 0.29) is 24.0 Å². The number of aliphatic hydroxyl groups excluding tert-OH is 1. The molecule has 0 bridgehead atoms. The van der Waals surface area contributed by atoms with Crippen LogP contribution in [0.25, 0.3) is 0 Å². The normalized spacial score (nSPS) is 12.3. The van der Waals surface area contributed by atoms with E-state index in [0.29, 0.717) is 11.1 Å². The number of amides is 1. The zero-order valence-electron chi connectivity index (χ0n) is 12.8. The summed E-state index contributed by atoms with van der Waals surface area (Å²) in [5, 5.41) is 8.69. The van der Waals surface area contributed by atoms with Crippen LogP contribution in [0.15, 0.2) is 18.5 Å². The van der Waals surface area contributed by atoms with E-state index in [1.165, 1.54) is 0 Å². The Labute approximate surface area is 120 Å². The maximum absolute atomic E-state index is 12.4. The van der Waals surface area contributed by atoms with Crippen LogP contribution in [0, 0.1) is 17.3 Å². The van der Waals surface area contributed by atoms with Crippen LogP contribution in [-0.4, -0.2) is 40.6 Å². The molecule has 20 heavy (non-hydrogen) atoms. The highest BCUT2D eigenvalue weighted by Gasteiger charge is 2.27. The van der Waals surface area contributed by atoms with E-state index in [4.69, 9.17) is 5.11 Å². The number of aromatic nitrogens is 1. The van der Waals surface area contributed by atoms with Crippen molar-refractivity contribution in [1.29, 1.82) is 0 Å². The Kier molecular flexibility index (Phi) is 5.29. The lowest BCUT2D eigenvalue weighted by molar-refractivity contribution is 0.0629. The van der Waals surface area contributed by atoms with Crippen LogP contribution in [0.2, 0.25) is 0 Å². The molecular formula is C16H22N2O2. The summed E-state index contributed by atoms with van der Waals surface area (Å²) in [4.78, 5) is 18.2. The monoisotopic (exact) mass is 274 g/mol. The molecule has 1 atom stereocenters. The molecule has 0 aromatic carbocycles. The van der Waals surface area contributed by atoms with E-state index in [0.717, 1.165) is 0 Å². The fraction of sp³-hybridized carbons (Fsp3) is 0.500. The third-order valence-electron chi connectivity index (χ3n) is 3.45. The first-order valence-electron chi connectivity index (χ1n) is 6.59. The van der Waals surface area contributed by atoms with Crippen molar-refractivity contribution >= 4 is 5.91 Å². The first-order valence-corrected chi connectivity index (χ1v) is 6.59. The molecule has 1 aromatic rings. The minimum absolute atomic E-state index is 0.00609. The standard InChI is InChI=1S/C16H22N2O2/c1-12(16(2,3)4)18(5)15(20)14-9-13(7-6-8-19)10-17-11-14/h9-12,19H,8H2,1-5H3. The van der Waals surface area contributed by atoms with E-state index in [1.54, 1.807) is 30.4 Å². The highest BCUT2D eigenvalue weighted by molar-refractivity contribution is 5.94. The zero-order valence-corrected chi connectivity index (χ0v) is 12.8. The highest BCUT2D eigenvalue weighted by atomic mass is 16.2. The quantitative estimate of drug-likeness (QED) is 0.838. The SMILES string of the molecule is CC(N(C)C(=O)c1cncc(C#CCO)c1)C(C)(C)C. The van der Waals surface area contributed by atoms with Gasteiger partial charge in [0.25, 0.3) is 5.91 Å². The van der Waals surface area contributed by atoms with Gasteiger partial charge in [0.15, 0.2) is 0 Å². The highest BCUT2D eigenvalue weighted by Crippen LogP contribution is 2.24. The molecule has 1 heterocycles. The number of carbonyl (C=O) groups is 1. The third kappa shape index (κ3) is 4.07. The molecule has 0 saturated carbocycles. The Morgan fingerprint density at radius 3 is 2.65 bits per heavy atom. The van der Waals surface area contributed by atoms with E-state index in [2.05, 4.69) is 37.6 Å². The minimum Gasteiger partial charge on any atom is -0.384 e. The fourth-order valence-corrected chi connectivity index (χ4v) is 1.73. The predicted molar refractivity (Wildman–Crippen MR) is 79.2 cm³/mol. The van der Waals surface area contributed by atoms with Crippen molar-refractivity contribution in [3.8, 4) is 11.8 Å². The summed E-state index contributed by atoms with van der Waals surface area (Å²) in [6.07, 6.45) is 3.12. The van der Waals surface area contributed by atoms with Crippen molar-refractivity contribution in [2.45, 2.75) is 33.7 Å². The molecule has 1 unspecified atom stereocenters. The maximum Gasteiger partial charge on any atom is 0.255 e. The van der Waals surface area contributed by atoms with Crippen LogP contribution in [0.4, 0.5) is 0 Å². The number of nitrogens with zero attached hydrogens (tertiary/aromatic N) is 2. The fourth-order valence-electron chi connectivity index (χ4n) is 1.73. The molecule has 108 valence electrons. The molecule has 1 amide bonds. The molecule has 1 N–H and O–H groups in total. The van der Waals surface area contributed by atoms with Gasteiger partial charge in [-0.2, -0.15) is 0 Å². The van der Waals surface area contributed by atoms with Gasteiger partial charge in [0, 0.05) is 31.0 Å². The van der Waals surface area contributed by atoms with Gasteiger partial charge in [-0.05, 0) is 18.4 Å². The van der Waals surface area contributed by atoms with E-state index in [1.807, 2.05) is 6.92 Å². The van der Waals surface area contributed by atoms with Crippen molar-refractivity contribution < 1.29 is 9.90 Å². The number of rotatable bonds is 2. The van der Waals surface area contributed by atoms with Crippen LogP contribution >= 0.6 is 0 Å². The second-order valence-corrected chi connectivity index (χ2v) is 5.88. The molecule has 4 heteroatoms. The molecule has 0 aliphatic heterocycles. The second-order valence-electron chi connectivity index (χ2n) is 5.88. The van der Waals surface area contributed by atoms with Gasteiger partial charge in [0.1, 0.15) is 6.61 Å². The Balaban J connectivity index is 2.98. The molecule has 4 nitrogen and oxygen atoms in total. The average molecular weight is 274 g/mol. The van der Waals surface area contributed by atoms with Crippen LogP contribution in [0.1, 0.15) is 43.6 Å². The molecule has 0 fully saturated rings. The Morgan fingerprint density at radius 2 is 2.10 bits per heavy atom. The number of aliphatic hydroxyl groups is 1. The predicted octanol–water partition coefficient (Wildman–Crippen LogP) is 1.93. The number of hydrogen-bond donors (Lipinski definition) is 1. The van der Waals surface area contributed by atoms with Crippen LogP contribution < -0.4 is 0 Å². The number of hydrogen-bond acceptors (Lipinski definition) is 3. The topological polar surface area (TPSA) is 53.4 Å². The van der Waals surface area contributed by atoms with Crippen LogP contribution in [0.3, 0.4) is 0 Å². The molecular weight excluding hydrogens is 252 g/mol. The molecule has 1 rings (SSSR count). The number of pyridine rings is 1. The molecule has 0 aliphatic rings. The summed E-state index contributed by atoms with van der Waals surface area (Å²) in [5.41, 5.74) is 1.14. The van der Waals surface area contributed by atoms with Gasteiger partial charge >= 0.3 is 0 Å². The first-order chi connectivity index (χ1) is 9.27. The molecule has 0 spiro atoms. The molecule has 1 aromatic heterocycles. The van der Waals surface area contributed by atoms with E-state index >= 15 is 0 Å². The Morgan fingerprint density at radius 1 is 1.45 bits per heavy atom. The van der Waals surface area contributed by atoms with Crippen LogP contribution in [-0.2, 0) is 0 Å². The van der Waals surface area contributed by atoms with E-state index in [9.17, 15) is 4.79 Å². The summed E-state index contributed by atoms with van der Waals surface area (Å²) >= 11 is 0. The lowest BCUT2D eigenvalue weighted by atomic mass is 9.87. The summed E-state index contributed by atoms with van der Waals surface area (Å²) in [6, 6.07) is 1.80. The smallest absolute Gasteiger partial charge is 0.255 e. The summed E-state index contributed by atoms with van der Waals surface area (Å²) < 4.78 is 0. The van der Waals surface area contributed by atoms with Gasteiger partial charge < -0.3 is 10.0 Å².